The van der Waals surface area contributed by atoms with Gasteiger partial charge in [0.25, 0.3) is 0 Å². The van der Waals surface area contributed by atoms with Crippen LogP contribution in [0, 0.1) is 0 Å². The first-order valence-electron chi connectivity index (χ1n) is 3.83. The molecule has 4 nitrogen and oxygen atoms in total. The van der Waals surface area contributed by atoms with Crippen LogP contribution in [0.15, 0.2) is 0 Å². The molecule has 1 heterocycles. The highest BCUT2D eigenvalue weighted by molar-refractivity contribution is 5.73. The van der Waals surface area contributed by atoms with Crippen molar-refractivity contribution in [2.75, 3.05) is 32.9 Å². The fourth-order valence-electron chi connectivity index (χ4n) is 0.902. The van der Waals surface area contributed by atoms with E-state index in [4.69, 9.17) is 5.11 Å². The van der Waals surface area contributed by atoms with E-state index in [0.717, 1.165) is 13.1 Å². The summed E-state index contributed by atoms with van der Waals surface area (Å²) in [5.74, 6) is 0.0333. The van der Waals surface area contributed by atoms with Crippen LogP contribution in [0.2, 0.25) is 0 Å². The maximum absolute atomic E-state index is 10.9. The summed E-state index contributed by atoms with van der Waals surface area (Å²) in [6.45, 7) is 4.86. The number of carbonyl (C=O) groups is 1. The van der Waals surface area contributed by atoms with Crippen molar-refractivity contribution in [2.24, 2.45) is 0 Å². The van der Waals surface area contributed by atoms with E-state index >= 15 is 0 Å². The fraction of sp³-hybridized carbons (Fsp3) is 0.857. The zero-order chi connectivity index (χ0) is 8.27. The van der Waals surface area contributed by atoms with Gasteiger partial charge in [-0.3, -0.25) is 9.69 Å². The zero-order valence-electron chi connectivity index (χ0n) is 6.79. The van der Waals surface area contributed by atoms with Crippen molar-refractivity contribution in [1.82, 2.24) is 9.80 Å². The Morgan fingerprint density at radius 1 is 1.64 bits per heavy atom. The first-order chi connectivity index (χ1) is 5.24. The minimum atomic E-state index is 0.0333. The standard InChI is InChI=1S/C7H14N2O2/c1-7(11)9(4-5-10)6-8-2-3-8/h10H,2-6H2,1H3. The predicted molar refractivity (Wildman–Crippen MR) is 40.9 cm³/mol. The maximum atomic E-state index is 10.9. The molecule has 1 aliphatic heterocycles. The normalized spacial score (nSPS) is 16.5. The molecule has 0 aromatic heterocycles. The highest BCUT2D eigenvalue weighted by atomic mass is 16.3. The molecule has 4 heteroatoms. The molecular weight excluding hydrogens is 144 g/mol. The molecule has 0 spiro atoms. The summed E-state index contributed by atoms with van der Waals surface area (Å²) in [6, 6.07) is 0. The molecule has 0 unspecified atom stereocenters. The van der Waals surface area contributed by atoms with Gasteiger partial charge < -0.3 is 10.0 Å². The minimum absolute atomic E-state index is 0.0333. The second-order valence-corrected chi connectivity index (χ2v) is 2.77. The third-order valence-corrected chi connectivity index (χ3v) is 1.73. The topological polar surface area (TPSA) is 43.6 Å². The average Bonchev–Trinajstić information content (AvgIpc) is 2.70. The predicted octanol–water partition coefficient (Wildman–Crippen LogP) is -0.900. The van der Waals surface area contributed by atoms with Crippen LogP contribution in [-0.2, 0) is 4.79 Å². The molecule has 11 heavy (non-hydrogen) atoms. The van der Waals surface area contributed by atoms with E-state index < -0.39 is 0 Å². The molecule has 1 aliphatic rings. The highest BCUT2D eigenvalue weighted by Gasteiger charge is 2.21. The number of hydrogen-bond acceptors (Lipinski definition) is 3. The van der Waals surface area contributed by atoms with Crippen molar-refractivity contribution in [2.45, 2.75) is 6.92 Å². The van der Waals surface area contributed by atoms with E-state index in [0.29, 0.717) is 13.2 Å². The number of rotatable bonds is 4. The Morgan fingerprint density at radius 3 is 2.64 bits per heavy atom. The second-order valence-electron chi connectivity index (χ2n) is 2.77. The van der Waals surface area contributed by atoms with Crippen LogP contribution in [0.25, 0.3) is 0 Å². The van der Waals surface area contributed by atoms with Crippen LogP contribution in [0.1, 0.15) is 6.92 Å². The van der Waals surface area contributed by atoms with Crippen LogP contribution in [-0.4, -0.2) is 53.7 Å². The molecule has 1 rings (SSSR count). The lowest BCUT2D eigenvalue weighted by atomic mass is 10.5. The lowest BCUT2D eigenvalue weighted by Gasteiger charge is -2.19. The summed E-state index contributed by atoms with van der Waals surface area (Å²) in [6.07, 6.45) is 0. The minimum Gasteiger partial charge on any atom is -0.395 e. The third-order valence-electron chi connectivity index (χ3n) is 1.73. The molecular formula is C7H14N2O2. The molecule has 0 bridgehead atoms. The zero-order valence-corrected chi connectivity index (χ0v) is 6.79. The molecule has 1 saturated heterocycles. The lowest BCUT2D eigenvalue weighted by molar-refractivity contribution is -0.130. The van der Waals surface area contributed by atoms with E-state index in [1.54, 1.807) is 4.90 Å². The second kappa shape index (κ2) is 3.69. The van der Waals surface area contributed by atoms with Gasteiger partial charge in [0.05, 0.1) is 13.3 Å². The molecule has 0 saturated carbocycles. The van der Waals surface area contributed by atoms with E-state index in [1.807, 2.05) is 0 Å². The lowest BCUT2D eigenvalue weighted by Crippen LogP contribution is -2.35. The Kier molecular flexibility index (Phi) is 2.84. The van der Waals surface area contributed by atoms with Gasteiger partial charge in [0.1, 0.15) is 0 Å². The summed E-state index contributed by atoms with van der Waals surface area (Å²) >= 11 is 0. The summed E-state index contributed by atoms with van der Waals surface area (Å²) in [7, 11) is 0. The van der Waals surface area contributed by atoms with Crippen molar-refractivity contribution >= 4 is 5.91 Å². The molecule has 1 N–H and O–H groups in total. The summed E-state index contributed by atoms with van der Waals surface area (Å²) in [5, 5.41) is 8.61. The number of aliphatic hydroxyl groups is 1. The van der Waals surface area contributed by atoms with Gasteiger partial charge in [0.15, 0.2) is 0 Å². The van der Waals surface area contributed by atoms with Gasteiger partial charge in [0, 0.05) is 26.6 Å². The Balaban J connectivity index is 2.24. The molecule has 0 atom stereocenters. The van der Waals surface area contributed by atoms with E-state index in [2.05, 4.69) is 4.90 Å². The Bertz CT molecular complexity index is 145. The van der Waals surface area contributed by atoms with Crippen molar-refractivity contribution in [1.29, 1.82) is 0 Å². The van der Waals surface area contributed by atoms with Crippen LogP contribution < -0.4 is 0 Å². The van der Waals surface area contributed by atoms with Crippen LogP contribution in [0.3, 0.4) is 0 Å². The van der Waals surface area contributed by atoms with Gasteiger partial charge in [0.2, 0.25) is 5.91 Å². The third kappa shape index (κ3) is 2.86. The Labute approximate surface area is 66.4 Å². The van der Waals surface area contributed by atoms with Crippen molar-refractivity contribution in [3.8, 4) is 0 Å². The number of nitrogens with zero attached hydrogens (tertiary/aromatic N) is 2. The summed E-state index contributed by atoms with van der Waals surface area (Å²) < 4.78 is 0. The van der Waals surface area contributed by atoms with Crippen LogP contribution >= 0.6 is 0 Å². The van der Waals surface area contributed by atoms with E-state index in [1.165, 1.54) is 6.92 Å². The van der Waals surface area contributed by atoms with Crippen molar-refractivity contribution < 1.29 is 9.90 Å². The van der Waals surface area contributed by atoms with Crippen LogP contribution in [0.4, 0.5) is 0 Å². The van der Waals surface area contributed by atoms with Gasteiger partial charge in [-0.25, -0.2) is 0 Å². The number of carbonyl (C=O) groups excluding carboxylic acids is 1. The smallest absolute Gasteiger partial charge is 0.220 e. The van der Waals surface area contributed by atoms with Crippen LogP contribution in [0.5, 0.6) is 0 Å². The van der Waals surface area contributed by atoms with Crippen molar-refractivity contribution in [3.63, 3.8) is 0 Å². The van der Waals surface area contributed by atoms with Gasteiger partial charge in [-0.1, -0.05) is 0 Å². The Morgan fingerprint density at radius 2 is 2.27 bits per heavy atom. The molecule has 64 valence electrons. The first-order valence-corrected chi connectivity index (χ1v) is 3.83. The molecule has 1 fully saturated rings. The molecule has 0 aromatic carbocycles. The molecule has 0 aliphatic carbocycles. The van der Waals surface area contributed by atoms with Crippen molar-refractivity contribution in [3.05, 3.63) is 0 Å². The fourth-order valence-corrected chi connectivity index (χ4v) is 0.902. The summed E-state index contributed by atoms with van der Waals surface area (Å²) in [5.41, 5.74) is 0. The monoisotopic (exact) mass is 158 g/mol. The first kappa shape index (κ1) is 8.49. The SMILES string of the molecule is CC(=O)N(CCO)CN1CC1. The molecule has 0 radical (unpaired) electrons. The summed E-state index contributed by atoms with van der Waals surface area (Å²) in [4.78, 5) is 14.7. The van der Waals surface area contributed by atoms with Gasteiger partial charge >= 0.3 is 0 Å². The largest absolute Gasteiger partial charge is 0.395 e. The maximum Gasteiger partial charge on any atom is 0.220 e. The highest BCUT2D eigenvalue weighted by Crippen LogP contribution is 2.04. The quantitative estimate of drug-likeness (QED) is 0.539. The van der Waals surface area contributed by atoms with Gasteiger partial charge in [-0.15, -0.1) is 0 Å². The van der Waals surface area contributed by atoms with Gasteiger partial charge in [-0.2, -0.15) is 0 Å². The molecule has 1 amide bonds. The molecule has 0 aromatic rings. The van der Waals surface area contributed by atoms with E-state index in [9.17, 15) is 4.79 Å². The number of amides is 1. The Hall–Kier alpha value is -0.610. The van der Waals surface area contributed by atoms with Gasteiger partial charge in [-0.05, 0) is 0 Å². The number of aliphatic hydroxyl groups excluding tert-OH is 1. The average molecular weight is 158 g/mol. The van der Waals surface area contributed by atoms with E-state index in [-0.39, 0.29) is 12.5 Å². The number of hydrogen-bond donors (Lipinski definition) is 1.